The Morgan fingerprint density at radius 1 is 1.00 bits per heavy atom. The molecule has 0 bridgehead atoms. The lowest BCUT2D eigenvalue weighted by atomic mass is 10.1. The molecule has 3 rings (SSSR count). The second kappa shape index (κ2) is 6.37. The molecular weight excluding hydrogens is 306 g/mol. The Hall–Kier alpha value is -3.41. The largest absolute Gasteiger partial charge is 0.368 e. The van der Waals surface area contributed by atoms with Crippen LogP contribution in [-0.4, -0.2) is 16.8 Å². The van der Waals surface area contributed by atoms with E-state index in [4.69, 9.17) is 5.73 Å². The number of hydrogen-bond acceptors (Lipinski definition) is 3. The van der Waals surface area contributed by atoms with Crippen LogP contribution in [0.4, 0.5) is 0 Å². The van der Waals surface area contributed by atoms with Crippen LogP contribution in [0.3, 0.4) is 0 Å². The normalized spacial score (nSPS) is 11.8. The molecular formula is C18H15N3O3. The average Bonchev–Trinajstić information content (AvgIpc) is 2.60. The number of primary amides is 1. The predicted molar refractivity (Wildman–Crippen MR) is 90.4 cm³/mol. The fraction of sp³-hybridized carbons (Fsp3) is 0.0556. The molecule has 0 spiro atoms. The van der Waals surface area contributed by atoms with E-state index in [-0.39, 0.29) is 11.3 Å². The van der Waals surface area contributed by atoms with Gasteiger partial charge in [0.1, 0.15) is 11.7 Å². The molecule has 0 fully saturated rings. The van der Waals surface area contributed by atoms with Gasteiger partial charge < -0.3 is 16.0 Å². The van der Waals surface area contributed by atoms with Crippen molar-refractivity contribution < 1.29 is 9.59 Å². The number of nitrogens with one attached hydrogen (secondary N) is 2. The van der Waals surface area contributed by atoms with Crippen LogP contribution in [0.1, 0.15) is 22.1 Å². The molecule has 1 aromatic heterocycles. The fourth-order valence-electron chi connectivity index (χ4n) is 2.51. The van der Waals surface area contributed by atoms with E-state index in [1.807, 2.05) is 0 Å². The van der Waals surface area contributed by atoms with Gasteiger partial charge in [0.2, 0.25) is 5.91 Å². The van der Waals surface area contributed by atoms with Crippen LogP contribution in [0.5, 0.6) is 0 Å². The van der Waals surface area contributed by atoms with Crippen molar-refractivity contribution in [2.45, 2.75) is 6.04 Å². The molecule has 1 atom stereocenters. The molecule has 0 aliphatic rings. The number of benzene rings is 2. The second-order valence-corrected chi connectivity index (χ2v) is 5.32. The van der Waals surface area contributed by atoms with Gasteiger partial charge in [-0.05, 0) is 23.1 Å². The summed E-state index contributed by atoms with van der Waals surface area (Å²) in [6.45, 7) is 0. The highest BCUT2D eigenvalue weighted by Crippen LogP contribution is 2.14. The van der Waals surface area contributed by atoms with E-state index in [9.17, 15) is 14.4 Å². The first-order valence-corrected chi connectivity index (χ1v) is 7.33. The minimum Gasteiger partial charge on any atom is -0.368 e. The molecule has 6 nitrogen and oxygen atoms in total. The molecule has 2 aromatic carbocycles. The number of rotatable bonds is 4. The lowest BCUT2D eigenvalue weighted by Gasteiger charge is -2.16. The first-order valence-electron chi connectivity index (χ1n) is 7.33. The molecule has 6 heteroatoms. The summed E-state index contributed by atoms with van der Waals surface area (Å²) in [4.78, 5) is 38.7. The summed E-state index contributed by atoms with van der Waals surface area (Å²) in [7, 11) is 0. The summed E-state index contributed by atoms with van der Waals surface area (Å²) in [6, 6.07) is 16.2. The summed E-state index contributed by atoms with van der Waals surface area (Å²) in [6.07, 6.45) is 0. The molecule has 4 N–H and O–H groups in total. The zero-order valence-electron chi connectivity index (χ0n) is 12.7. The quantitative estimate of drug-likeness (QED) is 0.678. The Morgan fingerprint density at radius 3 is 2.38 bits per heavy atom. The number of amides is 2. The zero-order chi connectivity index (χ0) is 17.1. The number of aromatic nitrogens is 1. The maximum Gasteiger partial charge on any atom is 0.268 e. The first-order chi connectivity index (χ1) is 11.6. The Balaban J connectivity index is 1.94. The predicted octanol–water partition coefficient (Wildman–Crippen LogP) is 1.48. The number of fused-ring (bicyclic) bond motifs is 1. The van der Waals surface area contributed by atoms with Gasteiger partial charge in [-0.2, -0.15) is 0 Å². The van der Waals surface area contributed by atoms with Crippen LogP contribution in [-0.2, 0) is 4.79 Å². The first kappa shape index (κ1) is 15.5. The average molecular weight is 321 g/mol. The maximum atomic E-state index is 12.4. The van der Waals surface area contributed by atoms with E-state index in [0.717, 1.165) is 0 Å². The summed E-state index contributed by atoms with van der Waals surface area (Å²) in [5, 5.41) is 3.69. The van der Waals surface area contributed by atoms with Gasteiger partial charge in [0, 0.05) is 5.39 Å². The fourth-order valence-corrected chi connectivity index (χ4v) is 2.51. The molecule has 3 aromatic rings. The third-order valence-corrected chi connectivity index (χ3v) is 3.69. The molecule has 0 saturated heterocycles. The zero-order valence-corrected chi connectivity index (χ0v) is 12.7. The summed E-state index contributed by atoms with van der Waals surface area (Å²) >= 11 is 0. The monoisotopic (exact) mass is 321 g/mol. The van der Waals surface area contributed by atoms with Gasteiger partial charge in [0.25, 0.3) is 11.5 Å². The Kier molecular flexibility index (Phi) is 4.11. The SMILES string of the molecule is NC(=O)C(NC(=O)c1cc2ccccc2c(=O)[nH]1)c1ccccc1. The number of nitrogens with two attached hydrogens (primary N) is 1. The van der Waals surface area contributed by atoms with Gasteiger partial charge in [-0.1, -0.05) is 48.5 Å². The molecule has 0 saturated carbocycles. The van der Waals surface area contributed by atoms with Crippen LogP contribution in [0.25, 0.3) is 10.8 Å². The molecule has 0 aliphatic heterocycles. The molecule has 2 amide bonds. The highest BCUT2D eigenvalue weighted by Gasteiger charge is 2.21. The van der Waals surface area contributed by atoms with Crippen molar-refractivity contribution in [2.75, 3.05) is 0 Å². The summed E-state index contributed by atoms with van der Waals surface area (Å²) in [5.41, 5.74) is 5.66. The number of hydrogen-bond donors (Lipinski definition) is 3. The smallest absolute Gasteiger partial charge is 0.268 e. The lowest BCUT2D eigenvalue weighted by molar-refractivity contribution is -0.120. The van der Waals surface area contributed by atoms with Crippen LogP contribution >= 0.6 is 0 Å². The van der Waals surface area contributed by atoms with E-state index in [1.165, 1.54) is 0 Å². The number of aromatic amines is 1. The minimum absolute atomic E-state index is 0.0703. The second-order valence-electron chi connectivity index (χ2n) is 5.32. The Morgan fingerprint density at radius 2 is 1.67 bits per heavy atom. The molecule has 1 heterocycles. The number of pyridine rings is 1. The van der Waals surface area contributed by atoms with E-state index in [2.05, 4.69) is 10.3 Å². The van der Waals surface area contributed by atoms with Gasteiger partial charge in [-0.15, -0.1) is 0 Å². The van der Waals surface area contributed by atoms with Crippen LogP contribution < -0.4 is 16.6 Å². The van der Waals surface area contributed by atoms with Crippen molar-refractivity contribution in [3.8, 4) is 0 Å². The number of carbonyl (C=O) groups excluding carboxylic acids is 2. The van der Waals surface area contributed by atoms with Crippen molar-refractivity contribution >= 4 is 22.6 Å². The Labute approximate surface area is 137 Å². The summed E-state index contributed by atoms with van der Waals surface area (Å²) in [5.74, 6) is -1.26. The van der Waals surface area contributed by atoms with Crippen molar-refractivity contribution in [3.63, 3.8) is 0 Å². The maximum absolute atomic E-state index is 12.4. The third kappa shape index (κ3) is 3.03. The standard InChI is InChI=1S/C18H15N3O3/c19-16(22)15(11-6-2-1-3-7-11)21-18(24)14-10-12-8-4-5-9-13(12)17(23)20-14/h1-10,15H,(H2,19,22)(H,20,23)(H,21,24). The minimum atomic E-state index is -0.978. The topological polar surface area (TPSA) is 105 Å². The van der Waals surface area contributed by atoms with Crippen LogP contribution in [0, 0.1) is 0 Å². The van der Waals surface area contributed by atoms with Crippen LogP contribution in [0.15, 0.2) is 65.5 Å². The Bertz CT molecular complexity index is 964. The lowest BCUT2D eigenvalue weighted by Crippen LogP contribution is -2.38. The van der Waals surface area contributed by atoms with Gasteiger partial charge in [0.05, 0.1) is 0 Å². The van der Waals surface area contributed by atoms with Crippen LogP contribution in [0.2, 0.25) is 0 Å². The van der Waals surface area contributed by atoms with E-state index in [0.29, 0.717) is 16.3 Å². The van der Waals surface area contributed by atoms with Crippen molar-refractivity contribution in [1.82, 2.24) is 10.3 Å². The van der Waals surface area contributed by atoms with Crippen molar-refractivity contribution in [3.05, 3.63) is 82.3 Å². The highest BCUT2D eigenvalue weighted by molar-refractivity contribution is 5.98. The molecule has 1 unspecified atom stereocenters. The summed E-state index contributed by atoms with van der Waals surface area (Å²) < 4.78 is 0. The van der Waals surface area contributed by atoms with Crippen molar-refractivity contribution in [2.24, 2.45) is 5.73 Å². The molecule has 0 aliphatic carbocycles. The van der Waals surface area contributed by atoms with Gasteiger partial charge in [-0.25, -0.2) is 0 Å². The highest BCUT2D eigenvalue weighted by atomic mass is 16.2. The van der Waals surface area contributed by atoms with Crippen molar-refractivity contribution in [1.29, 1.82) is 0 Å². The van der Waals surface area contributed by atoms with E-state index >= 15 is 0 Å². The number of H-pyrrole nitrogens is 1. The number of carbonyl (C=O) groups is 2. The molecule has 120 valence electrons. The van der Waals surface area contributed by atoms with Gasteiger partial charge >= 0.3 is 0 Å². The van der Waals surface area contributed by atoms with E-state index < -0.39 is 17.9 Å². The third-order valence-electron chi connectivity index (χ3n) is 3.69. The van der Waals surface area contributed by atoms with E-state index in [1.54, 1.807) is 60.7 Å². The van der Waals surface area contributed by atoms with Gasteiger partial charge in [0.15, 0.2) is 0 Å². The molecule has 0 radical (unpaired) electrons. The van der Waals surface area contributed by atoms with Gasteiger partial charge in [-0.3, -0.25) is 14.4 Å². The molecule has 24 heavy (non-hydrogen) atoms.